The second-order valence-corrected chi connectivity index (χ2v) is 5.70. The number of hydrogen-bond donors (Lipinski definition) is 1. The van der Waals surface area contributed by atoms with Gasteiger partial charge < -0.3 is 10.2 Å². The number of fused-ring (bicyclic) bond motifs is 1. The first-order chi connectivity index (χ1) is 8.74. The molecular weight excluding hydrogens is 222 g/mol. The van der Waals surface area contributed by atoms with Crippen molar-refractivity contribution in [3.8, 4) is 0 Å². The highest BCUT2D eigenvalue weighted by Crippen LogP contribution is 2.35. The van der Waals surface area contributed by atoms with Crippen molar-refractivity contribution >= 4 is 5.69 Å². The fourth-order valence-electron chi connectivity index (χ4n) is 3.18. The van der Waals surface area contributed by atoms with Crippen molar-refractivity contribution in [2.45, 2.75) is 19.4 Å². The minimum Gasteiger partial charge on any atom is -0.374 e. The first-order valence-corrected chi connectivity index (χ1v) is 7.01. The van der Waals surface area contributed by atoms with Gasteiger partial charge in [-0.05, 0) is 17.2 Å². The Labute approximate surface area is 110 Å². The summed E-state index contributed by atoms with van der Waals surface area (Å²) in [5.74, 6) is 0.674. The van der Waals surface area contributed by atoms with Gasteiger partial charge >= 0.3 is 0 Å². The van der Waals surface area contributed by atoms with E-state index in [0.29, 0.717) is 5.92 Å². The van der Waals surface area contributed by atoms with E-state index >= 15 is 0 Å². The molecule has 98 valence electrons. The highest BCUT2D eigenvalue weighted by Gasteiger charge is 2.23. The van der Waals surface area contributed by atoms with E-state index in [1.165, 1.54) is 29.9 Å². The van der Waals surface area contributed by atoms with E-state index in [4.69, 9.17) is 0 Å². The summed E-state index contributed by atoms with van der Waals surface area (Å²) in [7, 11) is 2.19. The van der Waals surface area contributed by atoms with Crippen molar-refractivity contribution in [1.29, 1.82) is 0 Å². The third kappa shape index (κ3) is 2.25. The molecule has 0 spiro atoms. The molecule has 1 atom stereocenters. The maximum atomic E-state index is 3.41. The van der Waals surface area contributed by atoms with Crippen molar-refractivity contribution in [1.82, 2.24) is 10.2 Å². The Morgan fingerprint density at radius 2 is 2.06 bits per heavy atom. The number of rotatable bonds is 2. The van der Waals surface area contributed by atoms with Crippen LogP contribution in [0.25, 0.3) is 0 Å². The molecule has 3 nitrogen and oxygen atoms in total. The first kappa shape index (κ1) is 12.0. The fourth-order valence-corrected chi connectivity index (χ4v) is 3.18. The summed E-state index contributed by atoms with van der Waals surface area (Å²) in [5, 5.41) is 3.41. The molecule has 18 heavy (non-hydrogen) atoms. The lowest BCUT2D eigenvalue weighted by atomic mass is 10.0. The van der Waals surface area contributed by atoms with Crippen molar-refractivity contribution in [3.05, 3.63) is 29.3 Å². The van der Waals surface area contributed by atoms with Crippen LogP contribution in [0.15, 0.2) is 18.2 Å². The number of benzene rings is 1. The molecule has 2 heterocycles. The fraction of sp³-hybridized carbons (Fsp3) is 0.600. The van der Waals surface area contributed by atoms with Gasteiger partial charge in [0.25, 0.3) is 0 Å². The van der Waals surface area contributed by atoms with Crippen LogP contribution in [0.1, 0.15) is 24.0 Å². The van der Waals surface area contributed by atoms with Crippen LogP contribution >= 0.6 is 0 Å². The maximum absolute atomic E-state index is 3.41. The zero-order valence-corrected chi connectivity index (χ0v) is 11.4. The summed E-state index contributed by atoms with van der Waals surface area (Å²) in [6.45, 7) is 9.20. The molecule has 1 saturated heterocycles. The zero-order chi connectivity index (χ0) is 12.5. The van der Waals surface area contributed by atoms with Gasteiger partial charge in [0.2, 0.25) is 0 Å². The molecule has 3 heteroatoms. The Balaban J connectivity index is 1.76. The van der Waals surface area contributed by atoms with Gasteiger partial charge in [0.1, 0.15) is 0 Å². The molecule has 0 bridgehead atoms. The molecule has 0 saturated carbocycles. The zero-order valence-electron chi connectivity index (χ0n) is 11.4. The summed E-state index contributed by atoms with van der Waals surface area (Å²) in [5.41, 5.74) is 4.43. The van der Waals surface area contributed by atoms with Crippen LogP contribution in [-0.4, -0.2) is 44.7 Å². The molecule has 0 amide bonds. The third-order valence-electron chi connectivity index (χ3n) is 4.20. The molecule has 3 rings (SSSR count). The van der Waals surface area contributed by atoms with Crippen molar-refractivity contribution in [2.24, 2.45) is 0 Å². The largest absolute Gasteiger partial charge is 0.374 e. The Bertz CT molecular complexity index is 424. The minimum atomic E-state index is 0.674. The first-order valence-electron chi connectivity index (χ1n) is 7.01. The lowest BCUT2D eigenvalue weighted by Gasteiger charge is -2.27. The van der Waals surface area contributed by atoms with Crippen LogP contribution in [0, 0.1) is 0 Å². The van der Waals surface area contributed by atoms with Crippen LogP contribution in [-0.2, 0) is 6.54 Å². The maximum Gasteiger partial charge on any atom is 0.0399 e. The Hall–Kier alpha value is -1.06. The van der Waals surface area contributed by atoms with E-state index in [-0.39, 0.29) is 0 Å². The van der Waals surface area contributed by atoms with Crippen molar-refractivity contribution in [2.75, 3.05) is 44.7 Å². The molecule has 2 aliphatic heterocycles. The molecule has 1 aromatic carbocycles. The third-order valence-corrected chi connectivity index (χ3v) is 4.20. The number of piperazine rings is 1. The molecule has 0 radical (unpaired) electrons. The highest BCUT2D eigenvalue weighted by molar-refractivity contribution is 5.60. The number of nitrogens with one attached hydrogen (secondary N) is 1. The molecule has 1 fully saturated rings. The molecule has 1 aromatic rings. The smallest absolute Gasteiger partial charge is 0.0399 e. The number of likely N-dealkylation sites (N-methyl/N-ethyl adjacent to an activating group) is 1. The lowest BCUT2D eigenvalue weighted by molar-refractivity contribution is 0.233. The van der Waals surface area contributed by atoms with E-state index in [1.54, 1.807) is 0 Å². The summed E-state index contributed by atoms with van der Waals surface area (Å²) >= 11 is 0. The van der Waals surface area contributed by atoms with Gasteiger partial charge in [-0.3, -0.25) is 4.90 Å². The van der Waals surface area contributed by atoms with Gasteiger partial charge in [-0.1, -0.05) is 19.1 Å². The van der Waals surface area contributed by atoms with Crippen LogP contribution < -0.4 is 10.2 Å². The number of anilines is 1. The minimum absolute atomic E-state index is 0.674. The predicted octanol–water partition coefficient (Wildman–Crippen LogP) is 1.65. The molecule has 0 aliphatic carbocycles. The summed E-state index contributed by atoms with van der Waals surface area (Å²) in [4.78, 5) is 4.91. The van der Waals surface area contributed by atoms with Gasteiger partial charge in [-0.25, -0.2) is 0 Å². The van der Waals surface area contributed by atoms with Gasteiger partial charge in [-0.2, -0.15) is 0 Å². The Kier molecular flexibility index (Phi) is 3.27. The second kappa shape index (κ2) is 4.90. The topological polar surface area (TPSA) is 18.5 Å². The van der Waals surface area contributed by atoms with Gasteiger partial charge in [-0.15, -0.1) is 0 Å². The predicted molar refractivity (Wildman–Crippen MR) is 76.3 cm³/mol. The van der Waals surface area contributed by atoms with Crippen LogP contribution in [0.5, 0.6) is 0 Å². The molecule has 1 unspecified atom stereocenters. The molecule has 2 aliphatic rings. The van der Waals surface area contributed by atoms with Crippen molar-refractivity contribution in [3.63, 3.8) is 0 Å². The Morgan fingerprint density at radius 1 is 1.28 bits per heavy atom. The average Bonchev–Trinajstić information content (AvgIpc) is 2.66. The highest BCUT2D eigenvalue weighted by atomic mass is 15.2. The van der Waals surface area contributed by atoms with E-state index in [0.717, 1.165) is 26.2 Å². The molecular formula is C15H23N3. The monoisotopic (exact) mass is 245 g/mol. The molecule has 1 N–H and O–H groups in total. The van der Waals surface area contributed by atoms with Crippen LogP contribution in [0.2, 0.25) is 0 Å². The van der Waals surface area contributed by atoms with Crippen LogP contribution in [0.4, 0.5) is 5.69 Å². The normalized spacial score (nSPS) is 24.3. The summed E-state index contributed by atoms with van der Waals surface area (Å²) in [6, 6.07) is 7.03. The second-order valence-electron chi connectivity index (χ2n) is 5.70. The van der Waals surface area contributed by atoms with Gasteiger partial charge in [0, 0.05) is 57.9 Å². The quantitative estimate of drug-likeness (QED) is 0.854. The van der Waals surface area contributed by atoms with E-state index in [2.05, 4.69) is 47.3 Å². The van der Waals surface area contributed by atoms with Gasteiger partial charge in [0.15, 0.2) is 0 Å². The molecule has 0 aromatic heterocycles. The SMILES string of the molecule is CC1CN(C)c2ccc(CN3CCNCC3)cc21. The number of nitrogens with zero attached hydrogens (tertiary/aromatic N) is 2. The van der Waals surface area contributed by atoms with Gasteiger partial charge in [0.05, 0.1) is 0 Å². The van der Waals surface area contributed by atoms with Crippen molar-refractivity contribution < 1.29 is 0 Å². The van der Waals surface area contributed by atoms with Crippen LogP contribution in [0.3, 0.4) is 0 Å². The standard InChI is InChI=1S/C15H23N3/c1-12-10-17(2)15-4-3-13(9-14(12)15)11-18-7-5-16-6-8-18/h3-4,9,12,16H,5-8,10-11H2,1-2H3. The van der Waals surface area contributed by atoms with E-state index in [1.807, 2.05) is 0 Å². The Morgan fingerprint density at radius 3 is 2.83 bits per heavy atom. The summed E-state index contributed by atoms with van der Waals surface area (Å²) < 4.78 is 0. The summed E-state index contributed by atoms with van der Waals surface area (Å²) in [6.07, 6.45) is 0. The van der Waals surface area contributed by atoms with E-state index in [9.17, 15) is 0 Å². The van der Waals surface area contributed by atoms with E-state index < -0.39 is 0 Å². The lowest BCUT2D eigenvalue weighted by Crippen LogP contribution is -2.42. The average molecular weight is 245 g/mol. The number of hydrogen-bond acceptors (Lipinski definition) is 3.